The third kappa shape index (κ3) is 3.71. The molecule has 0 aliphatic carbocycles. The molecule has 1 atom stereocenters. The summed E-state index contributed by atoms with van der Waals surface area (Å²) in [4.78, 5) is 26.3. The average Bonchev–Trinajstić information content (AvgIpc) is 2.61. The summed E-state index contributed by atoms with van der Waals surface area (Å²) in [7, 11) is 4.54. The van der Waals surface area contributed by atoms with Crippen molar-refractivity contribution in [1.29, 1.82) is 0 Å². The SMILES string of the molecule is COCC1(C(=O)O)CCCN(C(=O)c2cc(OC)c(C)c(OC)c2)C1. The van der Waals surface area contributed by atoms with Gasteiger partial charge in [-0.1, -0.05) is 0 Å². The Hall–Kier alpha value is -2.28. The second-order valence-electron chi connectivity index (χ2n) is 6.35. The normalized spacial score (nSPS) is 20.2. The summed E-state index contributed by atoms with van der Waals surface area (Å²) in [5.74, 6) is -0.0638. The number of benzene rings is 1. The van der Waals surface area contributed by atoms with Gasteiger partial charge in [0.15, 0.2) is 0 Å². The maximum absolute atomic E-state index is 12.9. The van der Waals surface area contributed by atoms with Crippen LogP contribution >= 0.6 is 0 Å². The first-order valence-corrected chi connectivity index (χ1v) is 8.12. The molecule has 7 heteroatoms. The van der Waals surface area contributed by atoms with Crippen molar-refractivity contribution in [2.75, 3.05) is 41.0 Å². The standard InChI is InChI=1S/C18H25NO6/c1-12-14(24-3)8-13(9-15(12)25-4)16(20)19-7-5-6-18(10-19,11-23-2)17(21)22/h8-9H,5-7,10-11H2,1-4H3,(H,21,22). The number of carbonyl (C=O) groups is 2. The van der Waals surface area contributed by atoms with Crippen LogP contribution in [0.3, 0.4) is 0 Å². The highest BCUT2D eigenvalue weighted by molar-refractivity contribution is 5.96. The topological polar surface area (TPSA) is 85.3 Å². The minimum atomic E-state index is -1.07. The van der Waals surface area contributed by atoms with Gasteiger partial charge in [-0.2, -0.15) is 0 Å². The third-order valence-electron chi connectivity index (χ3n) is 4.74. The summed E-state index contributed by atoms with van der Waals surface area (Å²) >= 11 is 0. The van der Waals surface area contributed by atoms with E-state index >= 15 is 0 Å². The van der Waals surface area contributed by atoms with Gasteiger partial charge in [-0.05, 0) is 31.9 Å². The number of rotatable bonds is 6. The van der Waals surface area contributed by atoms with E-state index in [4.69, 9.17) is 14.2 Å². The van der Waals surface area contributed by atoms with Crippen LogP contribution in [-0.4, -0.2) is 62.9 Å². The Morgan fingerprint density at radius 2 is 1.80 bits per heavy atom. The zero-order valence-electron chi connectivity index (χ0n) is 15.1. The van der Waals surface area contributed by atoms with Gasteiger partial charge in [0, 0.05) is 31.3 Å². The van der Waals surface area contributed by atoms with Gasteiger partial charge in [0.2, 0.25) is 0 Å². The van der Waals surface area contributed by atoms with Gasteiger partial charge < -0.3 is 24.2 Å². The number of carboxylic acid groups (broad SMARTS) is 1. The van der Waals surface area contributed by atoms with Gasteiger partial charge in [-0.3, -0.25) is 9.59 Å². The molecule has 0 saturated carbocycles. The maximum atomic E-state index is 12.9. The summed E-state index contributed by atoms with van der Waals surface area (Å²) in [6.07, 6.45) is 1.10. The van der Waals surface area contributed by atoms with Crippen LogP contribution in [0.4, 0.5) is 0 Å². The summed E-state index contributed by atoms with van der Waals surface area (Å²) < 4.78 is 15.7. The lowest BCUT2D eigenvalue weighted by atomic mass is 9.80. The number of ether oxygens (including phenoxy) is 3. The molecule has 1 saturated heterocycles. The molecule has 0 spiro atoms. The lowest BCUT2D eigenvalue weighted by molar-refractivity contribution is -0.155. The molecule has 0 radical (unpaired) electrons. The second kappa shape index (κ2) is 7.74. The van der Waals surface area contributed by atoms with Gasteiger partial charge in [0.1, 0.15) is 16.9 Å². The van der Waals surface area contributed by atoms with E-state index in [1.165, 1.54) is 21.3 Å². The van der Waals surface area contributed by atoms with E-state index in [1.807, 2.05) is 6.92 Å². The molecule has 1 amide bonds. The molecule has 0 bridgehead atoms. The first-order chi connectivity index (χ1) is 11.9. The molecular formula is C18H25NO6. The molecule has 1 unspecified atom stereocenters. The van der Waals surface area contributed by atoms with Crippen LogP contribution < -0.4 is 9.47 Å². The van der Waals surface area contributed by atoms with Crippen LogP contribution in [0.25, 0.3) is 0 Å². The Kier molecular flexibility index (Phi) is 5.89. The predicted molar refractivity (Wildman–Crippen MR) is 91.4 cm³/mol. The highest BCUT2D eigenvalue weighted by atomic mass is 16.5. The summed E-state index contributed by atoms with van der Waals surface area (Å²) in [6.45, 7) is 2.55. The van der Waals surface area contributed by atoms with Crippen LogP contribution in [0.1, 0.15) is 28.8 Å². The van der Waals surface area contributed by atoms with Gasteiger partial charge >= 0.3 is 5.97 Å². The van der Waals surface area contributed by atoms with Crippen LogP contribution in [0.15, 0.2) is 12.1 Å². The van der Waals surface area contributed by atoms with Gasteiger partial charge in [0.05, 0.1) is 20.8 Å². The molecule has 7 nitrogen and oxygen atoms in total. The van der Waals surface area contributed by atoms with Crippen molar-refractivity contribution in [3.05, 3.63) is 23.3 Å². The number of nitrogens with zero attached hydrogens (tertiary/aromatic N) is 1. The minimum absolute atomic E-state index is 0.0760. The van der Waals surface area contributed by atoms with E-state index < -0.39 is 11.4 Å². The van der Waals surface area contributed by atoms with Gasteiger partial charge in [-0.15, -0.1) is 0 Å². The molecule has 1 aliphatic heterocycles. The number of methoxy groups -OCH3 is 3. The first kappa shape index (κ1) is 19.1. The molecule has 1 heterocycles. The van der Waals surface area contributed by atoms with Gasteiger partial charge in [0.25, 0.3) is 5.91 Å². The molecule has 1 aromatic carbocycles. The fraction of sp³-hybridized carbons (Fsp3) is 0.556. The smallest absolute Gasteiger partial charge is 0.313 e. The number of aliphatic carboxylic acids is 1. The fourth-order valence-corrected chi connectivity index (χ4v) is 3.33. The number of piperidine rings is 1. The molecule has 1 aromatic rings. The van der Waals surface area contributed by atoms with Crippen LogP contribution in [0.2, 0.25) is 0 Å². The van der Waals surface area contributed by atoms with Crippen LogP contribution in [0.5, 0.6) is 11.5 Å². The first-order valence-electron chi connectivity index (χ1n) is 8.12. The van der Waals surface area contributed by atoms with E-state index in [0.29, 0.717) is 36.4 Å². The summed E-state index contributed by atoms with van der Waals surface area (Å²) in [5, 5.41) is 9.63. The Labute approximate surface area is 147 Å². The lowest BCUT2D eigenvalue weighted by Gasteiger charge is -2.39. The number of carbonyl (C=O) groups excluding carboxylic acids is 1. The van der Waals surface area contributed by atoms with Crippen LogP contribution in [0, 0.1) is 12.3 Å². The summed E-state index contributed by atoms with van der Waals surface area (Å²) in [5.41, 5.74) is 0.152. The molecule has 0 aromatic heterocycles. The molecule has 2 rings (SSSR count). The van der Waals surface area contributed by atoms with Crippen molar-refractivity contribution >= 4 is 11.9 Å². The predicted octanol–water partition coefficient (Wildman–Crippen LogP) is 1.97. The van der Waals surface area contributed by atoms with E-state index in [2.05, 4.69) is 0 Å². The van der Waals surface area contributed by atoms with Crippen LogP contribution in [-0.2, 0) is 9.53 Å². The highest BCUT2D eigenvalue weighted by Crippen LogP contribution is 2.34. The largest absolute Gasteiger partial charge is 0.496 e. The number of hydrogen-bond donors (Lipinski definition) is 1. The second-order valence-corrected chi connectivity index (χ2v) is 6.35. The Morgan fingerprint density at radius 3 is 2.28 bits per heavy atom. The Balaban J connectivity index is 2.32. The summed E-state index contributed by atoms with van der Waals surface area (Å²) in [6, 6.07) is 3.32. The van der Waals surface area contributed by atoms with Crippen molar-refractivity contribution in [3.8, 4) is 11.5 Å². The number of carboxylic acids is 1. The zero-order chi connectivity index (χ0) is 18.6. The molecule has 1 aliphatic rings. The van der Waals surface area contributed by atoms with Gasteiger partial charge in [-0.25, -0.2) is 0 Å². The van der Waals surface area contributed by atoms with Crippen molar-refractivity contribution < 1.29 is 28.9 Å². The molecule has 1 N–H and O–H groups in total. The zero-order valence-corrected chi connectivity index (χ0v) is 15.1. The molecular weight excluding hydrogens is 326 g/mol. The molecule has 138 valence electrons. The van der Waals surface area contributed by atoms with E-state index in [-0.39, 0.29) is 19.1 Å². The van der Waals surface area contributed by atoms with E-state index in [0.717, 1.165) is 5.56 Å². The number of likely N-dealkylation sites (tertiary alicyclic amines) is 1. The fourth-order valence-electron chi connectivity index (χ4n) is 3.33. The quantitative estimate of drug-likeness (QED) is 0.843. The number of hydrogen-bond acceptors (Lipinski definition) is 5. The Bertz CT molecular complexity index is 630. The highest BCUT2D eigenvalue weighted by Gasteiger charge is 2.44. The third-order valence-corrected chi connectivity index (χ3v) is 4.74. The maximum Gasteiger partial charge on any atom is 0.313 e. The number of amides is 1. The van der Waals surface area contributed by atoms with Crippen molar-refractivity contribution in [2.45, 2.75) is 19.8 Å². The minimum Gasteiger partial charge on any atom is -0.496 e. The van der Waals surface area contributed by atoms with Crippen molar-refractivity contribution in [2.24, 2.45) is 5.41 Å². The van der Waals surface area contributed by atoms with E-state index in [9.17, 15) is 14.7 Å². The lowest BCUT2D eigenvalue weighted by Crippen LogP contribution is -2.52. The monoisotopic (exact) mass is 351 g/mol. The molecule has 25 heavy (non-hydrogen) atoms. The average molecular weight is 351 g/mol. The Morgan fingerprint density at radius 1 is 1.20 bits per heavy atom. The van der Waals surface area contributed by atoms with E-state index in [1.54, 1.807) is 17.0 Å². The molecule has 1 fully saturated rings. The van der Waals surface area contributed by atoms with Crippen molar-refractivity contribution in [3.63, 3.8) is 0 Å². The van der Waals surface area contributed by atoms with Crippen molar-refractivity contribution in [1.82, 2.24) is 4.90 Å².